The molecule has 0 radical (unpaired) electrons. The number of para-hydroxylation sites is 2. The molecular weight excluding hydrogens is 455 g/mol. The third-order valence-corrected chi connectivity index (χ3v) is 6.87. The summed E-state index contributed by atoms with van der Waals surface area (Å²) in [7, 11) is 2.02. The van der Waals surface area contributed by atoms with E-state index in [1.807, 2.05) is 66.1 Å². The molecule has 9 nitrogen and oxygen atoms in total. The van der Waals surface area contributed by atoms with Crippen molar-refractivity contribution in [3.05, 3.63) is 72.3 Å². The molecule has 0 aliphatic carbocycles. The molecule has 3 aromatic heterocycles. The second kappa shape index (κ2) is 9.52. The molecule has 2 aliphatic rings. The van der Waals surface area contributed by atoms with E-state index in [1.54, 1.807) is 6.20 Å². The Kier molecular flexibility index (Phi) is 5.92. The minimum absolute atomic E-state index is 0.0168. The van der Waals surface area contributed by atoms with Crippen LogP contribution in [-0.4, -0.2) is 64.0 Å². The lowest BCUT2D eigenvalue weighted by Crippen LogP contribution is -2.48. The summed E-state index contributed by atoms with van der Waals surface area (Å²) in [5, 5.41) is 8.02. The summed E-state index contributed by atoms with van der Waals surface area (Å²) in [4.78, 5) is 24.2. The van der Waals surface area contributed by atoms with Crippen LogP contribution in [0.3, 0.4) is 0 Å². The molecule has 10 heteroatoms. The van der Waals surface area contributed by atoms with Gasteiger partial charge >= 0.3 is 0 Å². The van der Waals surface area contributed by atoms with Crippen LogP contribution < -0.4 is 20.3 Å². The highest BCUT2D eigenvalue weighted by atomic mass is 16.6. The maximum absolute atomic E-state index is 13.1. The molecule has 0 saturated carbocycles. The minimum atomic E-state index is -0.608. The molecule has 36 heavy (non-hydrogen) atoms. The van der Waals surface area contributed by atoms with Crippen LogP contribution in [-0.2, 0) is 11.3 Å². The third-order valence-electron chi connectivity index (χ3n) is 6.87. The predicted octanol–water partition coefficient (Wildman–Crippen LogP) is 1.54. The zero-order valence-corrected chi connectivity index (χ0v) is 20.1. The Morgan fingerprint density at radius 1 is 1.11 bits per heavy atom. The first-order valence-electron chi connectivity index (χ1n) is 12.3. The number of piperidine rings is 1. The lowest BCUT2D eigenvalue weighted by atomic mass is 9.92. The number of anilines is 1. The molecule has 1 N–H and O–H groups in total. The topological polar surface area (TPSA) is 93.9 Å². The normalized spacial score (nSPS) is 17.8. The summed E-state index contributed by atoms with van der Waals surface area (Å²) in [6.45, 7) is 2.20. The second-order valence-corrected chi connectivity index (χ2v) is 9.31. The zero-order chi connectivity index (χ0) is 24.5. The van der Waals surface area contributed by atoms with Crippen LogP contribution in [0.2, 0.25) is 0 Å². The quantitative estimate of drug-likeness (QED) is 0.432. The molecule has 1 saturated heterocycles. The van der Waals surface area contributed by atoms with Crippen LogP contribution in [0.1, 0.15) is 30.0 Å². The molecule has 5 heterocycles. The summed E-state index contributed by atoms with van der Waals surface area (Å²) in [5.41, 5.74) is 4.00. The van der Waals surface area contributed by atoms with Gasteiger partial charge in [-0.15, -0.1) is 0 Å². The van der Waals surface area contributed by atoms with Gasteiger partial charge in [0, 0.05) is 55.9 Å². The van der Waals surface area contributed by atoms with Gasteiger partial charge in [0.05, 0.1) is 0 Å². The number of nitrogens with one attached hydrogen (secondary N) is 1. The van der Waals surface area contributed by atoms with Crippen molar-refractivity contribution in [2.45, 2.75) is 31.4 Å². The van der Waals surface area contributed by atoms with Gasteiger partial charge in [-0.1, -0.05) is 18.2 Å². The van der Waals surface area contributed by atoms with Crippen molar-refractivity contribution in [1.82, 2.24) is 24.5 Å². The monoisotopic (exact) mass is 482 g/mol. The van der Waals surface area contributed by atoms with Crippen LogP contribution in [0.25, 0.3) is 5.65 Å². The third kappa shape index (κ3) is 4.34. The van der Waals surface area contributed by atoms with E-state index in [2.05, 4.69) is 21.5 Å². The van der Waals surface area contributed by atoms with Gasteiger partial charge in [-0.2, -0.15) is 9.61 Å². The van der Waals surface area contributed by atoms with E-state index in [9.17, 15) is 4.79 Å². The van der Waals surface area contributed by atoms with Crippen LogP contribution in [0.15, 0.2) is 61.1 Å². The summed E-state index contributed by atoms with van der Waals surface area (Å²) in [5.74, 6) is 2.45. The number of aromatic nitrogens is 4. The maximum Gasteiger partial charge on any atom is 0.267 e. The minimum Gasteiger partial charge on any atom is -0.485 e. The van der Waals surface area contributed by atoms with E-state index in [0.29, 0.717) is 31.1 Å². The van der Waals surface area contributed by atoms with E-state index in [-0.39, 0.29) is 18.4 Å². The van der Waals surface area contributed by atoms with E-state index < -0.39 is 6.10 Å². The molecule has 6 rings (SSSR count). The lowest BCUT2D eigenvalue weighted by molar-refractivity contribution is -0.142. The Bertz CT molecular complexity index is 1390. The number of carbonyl (C=O) groups excluding carboxylic acids is 1. The van der Waals surface area contributed by atoms with Gasteiger partial charge in [0.25, 0.3) is 5.91 Å². The van der Waals surface area contributed by atoms with Gasteiger partial charge in [0.15, 0.2) is 17.1 Å². The number of hydrogen-bond acceptors (Lipinski definition) is 7. The molecule has 1 amide bonds. The van der Waals surface area contributed by atoms with Crippen LogP contribution >= 0.6 is 0 Å². The standard InChI is InChI=1S/C26H27BN6O3/c27-19-15-30-33-24(29-14-17-4-3-9-28-13-17)12-20(31-25(19)33)18-7-10-32(11-8-18)26(34)23-16-35-21-5-1-2-6-22(21)36-23/h1-6,9,12-13,15,18,23,29H,7-8,10-11,14,16,27H2. The Morgan fingerprint density at radius 2 is 1.94 bits per heavy atom. The van der Waals surface area contributed by atoms with E-state index in [1.165, 1.54) is 0 Å². The molecule has 1 unspecified atom stereocenters. The molecule has 4 aromatic rings. The van der Waals surface area contributed by atoms with Crippen LogP contribution in [0.5, 0.6) is 11.5 Å². The number of ether oxygens (including phenoxy) is 2. The number of hydrogen-bond donors (Lipinski definition) is 1. The maximum atomic E-state index is 13.1. The van der Waals surface area contributed by atoms with Gasteiger partial charge in [-0.3, -0.25) is 9.78 Å². The van der Waals surface area contributed by atoms with Crippen molar-refractivity contribution in [1.29, 1.82) is 0 Å². The van der Waals surface area contributed by atoms with Crippen molar-refractivity contribution in [2.75, 3.05) is 25.0 Å². The molecule has 0 bridgehead atoms. The fourth-order valence-corrected chi connectivity index (χ4v) is 4.86. The molecule has 2 aliphatic heterocycles. The number of likely N-dealkylation sites (tertiary alicyclic amines) is 1. The van der Waals surface area contributed by atoms with Gasteiger partial charge in [-0.25, -0.2) is 4.98 Å². The Morgan fingerprint density at radius 3 is 2.75 bits per heavy atom. The van der Waals surface area contributed by atoms with Gasteiger partial charge in [-0.05, 0) is 42.1 Å². The van der Waals surface area contributed by atoms with E-state index in [4.69, 9.17) is 14.5 Å². The number of carbonyl (C=O) groups is 1. The highest BCUT2D eigenvalue weighted by Crippen LogP contribution is 2.33. The summed E-state index contributed by atoms with van der Waals surface area (Å²) in [6, 6.07) is 13.5. The second-order valence-electron chi connectivity index (χ2n) is 9.31. The van der Waals surface area contributed by atoms with Gasteiger partial charge in [0.1, 0.15) is 20.3 Å². The average molecular weight is 482 g/mol. The SMILES string of the molecule is Bc1cnn2c(NCc3cccnc3)cc(C3CCN(C(=O)C4COc5ccccc5O4)CC3)nc12. The van der Waals surface area contributed by atoms with Crippen molar-refractivity contribution in [3.8, 4) is 11.5 Å². The smallest absolute Gasteiger partial charge is 0.267 e. The Balaban J connectivity index is 1.15. The predicted molar refractivity (Wildman–Crippen MR) is 138 cm³/mol. The number of rotatable bonds is 5. The van der Waals surface area contributed by atoms with Crippen LogP contribution in [0, 0.1) is 0 Å². The largest absolute Gasteiger partial charge is 0.485 e. The van der Waals surface area contributed by atoms with Gasteiger partial charge in [0.2, 0.25) is 6.10 Å². The van der Waals surface area contributed by atoms with E-state index >= 15 is 0 Å². The highest BCUT2D eigenvalue weighted by molar-refractivity contribution is 6.36. The Hall–Kier alpha value is -4.08. The van der Waals surface area contributed by atoms with Crippen LogP contribution in [0.4, 0.5) is 5.82 Å². The molecule has 0 spiro atoms. The lowest BCUT2D eigenvalue weighted by Gasteiger charge is -2.35. The van der Waals surface area contributed by atoms with Gasteiger partial charge < -0.3 is 19.7 Å². The molecule has 1 aromatic carbocycles. The number of amides is 1. The number of fused-ring (bicyclic) bond motifs is 2. The van der Waals surface area contributed by atoms with E-state index in [0.717, 1.165) is 41.0 Å². The molecular formula is C26H27BN6O3. The number of benzene rings is 1. The first-order valence-corrected chi connectivity index (χ1v) is 12.3. The number of nitrogens with zero attached hydrogens (tertiary/aromatic N) is 5. The molecule has 1 atom stereocenters. The first-order chi connectivity index (χ1) is 17.7. The van der Waals surface area contributed by atoms with Crippen molar-refractivity contribution in [2.24, 2.45) is 0 Å². The fraction of sp³-hybridized carbons (Fsp3) is 0.308. The highest BCUT2D eigenvalue weighted by Gasteiger charge is 2.33. The average Bonchev–Trinajstić information content (AvgIpc) is 3.32. The first kappa shape index (κ1) is 22.4. The van der Waals surface area contributed by atoms with Crippen molar-refractivity contribution in [3.63, 3.8) is 0 Å². The number of pyridine rings is 1. The fourth-order valence-electron chi connectivity index (χ4n) is 4.86. The van der Waals surface area contributed by atoms with Crippen molar-refractivity contribution < 1.29 is 14.3 Å². The molecule has 182 valence electrons. The Labute approximate surface area is 209 Å². The molecule has 1 fully saturated rings. The van der Waals surface area contributed by atoms with Crippen molar-refractivity contribution >= 4 is 30.7 Å². The summed E-state index contributed by atoms with van der Waals surface area (Å²) in [6.07, 6.45) is 6.54. The zero-order valence-electron chi connectivity index (χ0n) is 20.1. The summed E-state index contributed by atoms with van der Waals surface area (Å²) < 4.78 is 13.5. The summed E-state index contributed by atoms with van der Waals surface area (Å²) >= 11 is 0.